The standard InChI is InChI=1S/C21H21NO3/c1-22(2)11-12-25-20(23)14-15-7-10-19-17(13-15)9-8-16-5-3-4-6-18(16)21(19)24/h3-10,13H,11-12,14H2,1-2H3. The maximum Gasteiger partial charge on any atom is 0.310 e. The smallest absolute Gasteiger partial charge is 0.310 e. The van der Waals surface area contributed by atoms with Gasteiger partial charge in [-0.05, 0) is 30.4 Å². The lowest BCUT2D eigenvalue weighted by Gasteiger charge is -2.10. The largest absolute Gasteiger partial charge is 0.464 e. The number of esters is 1. The lowest BCUT2D eigenvalue weighted by Crippen LogP contribution is -2.20. The third-order valence-corrected chi connectivity index (χ3v) is 4.16. The Balaban J connectivity index is 1.89. The van der Waals surface area contributed by atoms with Gasteiger partial charge >= 0.3 is 5.97 Å². The second-order valence-electron chi connectivity index (χ2n) is 6.37. The monoisotopic (exact) mass is 335 g/mol. The number of hydrogen-bond acceptors (Lipinski definition) is 4. The topological polar surface area (TPSA) is 46.6 Å². The summed E-state index contributed by atoms with van der Waals surface area (Å²) in [5.41, 5.74) is 0.854. The van der Waals surface area contributed by atoms with Crippen molar-refractivity contribution in [3.05, 3.63) is 70.4 Å². The summed E-state index contributed by atoms with van der Waals surface area (Å²) in [6.45, 7) is 1.08. The van der Waals surface area contributed by atoms with Gasteiger partial charge in [0.2, 0.25) is 0 Å². The summed E-state index contributed by atoms with van der Waals surface area (Å²) in [4.78, 5) is 26.6. The number of likely N-dealkylation sites (N-methyl/N-ethyl adjacent to an activating group) is 1. The third-order valence-electron chi connectivity index (χ3n) is 4.16. The molecular formula is C21H21NO3. The van der Waals surface area contributed by atoms with Crippen molar-refractivity contribution in [1.82, 2.24) is 4.90 Å². The summed E-state index contributed by atoms with van der Waals surface area (Å²) in [6, 6.07) is 16.9. The molecule has 25 heavy (non-hydrogen) atoms. The zero-order chi connectivity index (χ0) is 17.8. The molecule has 0 unspecified atom stereocenters. The van der Waals surface area contributed by atoms with Gasteiger partial charge in [-0.2, -0.15) is 0 Å². The Labute approximate surface area is 146 Å². The Morgan fingerprint density at radius 2 is 1.68 bits per heavy atom. The van der Waals surface area contributed by atoms with Crippen LogP contribution in [-0.4, -0.2) is 38.1 Å². The van der Waals surface area contributed by atoms with Crippen molar-refractivity contribution in [2.45, 2.75) is 6.42 Å². The maximum absolute atomic E-state index is 12.7. The molecule has 0 radical (unpaired) electrons. The van der Waals surface area contributed by atoms with E-state index in [4.69, 9.17) is 4.74 Å². The van der Waals surface area contributed by atoms with Gasteiger partial charge in [0.25, 0.3) is 0 Å². The Morgan fingerprint density at radius 3 is 2.48 bits per heavy atom. The minimum Gasteiger partial charge on any atom is -0.464 e. The summed E-state index contributed by atoms with van der Waals surface area (Å²) in [5, 5.41) is 3.10. The molecule has 3 rings (SSSR count). The van der Waals surface area contributed by atoms with E-state index in [-0.39, 0.29) is 17.8 Å². The van der Waals surface area contributed by atoms with E-state index in [1.54, 1.807) is 6.07 Å². The average Bonchev–Trinajstić information content (AvgIpc) is 2.72. The van der Waals surface area contributed by atoms with Gasteiger partial charge in [-0.1, -0.05) is 54.6 Å². The number of benzene rings is 2. The summed E-state index contributed by atoms with van der Waals surface area (Å²) >= 11 is 0. The first kappa shape index (κ1) is 17.1. The minimum atomic E-state index is -0.256. The summed E-state index contributed by atoms with van der Waals surface area (Å²) in [5.74, 6) is -0.256. The average molecular weight is 335 g/mol. The van der Waals surface area contributed by atoms with Gasteiger partial charge in [-0.3, -0.25) is 9.59 Å². The molecule has 0 atom stereocenters. The normalized spacial score (nSPS) is 11.2. The number of fused-ring (bicyclic) bond motifs is 2. The van der Waals surface area contributed by atoms with Gasteiger partial charge in [0, 0.05) is 17.3 Å². The van der Waals surface area contributed by atoms with Crippen LogP contribution in [0.25, 0.3) is 21.5 Å². The van der Waals surface area contributed by atoms with E-state index in [2.05, 4.69) is 0 Å². The molecule has 3 aromatic carbocycles. The van der Waals surface area contributed by atoms with E-state index in [1.165, 1.54) is 0 Å². The van der Waals surface area contributed by atoms with Gasteiger partial charge in [0.1, 0.15) is 6.61 Å². The fourth-order valence-corrected chi connectivity index (χ4v) is 2.80. The summed E-state index contributed by atoms with van der Waals surface area (Å²) < 4.78 is 5.23. The Kier molecular flexibility index (Phi) is 5.10. The van der Waals surface area contributed by atoms with Crippen molar-refractivity contribution < 1.29 is 9.53 Å². The number of carbonyl (C=O) groups excluding carboxylic acids is 1. The van der Waals surface area contributed by atoms with E-state index in [1.807, 2.05) is 67.5 Å². The molecule has 0 aliphatic heterocycles. The van der Waals surface area contributed by atoms with Crippen LogP contribution >= 0.6 is 0 Å². The first-order valence-corrected chi connectivity index (χ1v) is 8.29. The number of ether oxygens (including phenoxy) is 1. The second kappa shape index (κ2) is 7.45. The van der Waals surface area contributed by atoms with Crippen LogP contribution in [0, 0.1) is 0 Å². The SMILES string of the molecule is CN(C)CCOC(=O)Cc1ccc2c(=O)c3ccccc3ccc2c1. The lowest BCUT2D eigenvalue weighted by molar-refractivity contribution is -0.143. The van der Waals surface area contributed by atoms with Gasteiger partial charge in [0.15, 0.2) is 5.43 Å². The number of rotatable bonds is 5. The molecule has 0 amide bonds. The fraction of sp³-hybridized carbons (Fsp3) is 0.238. The van der Waals surface area contributed by atoms with Crippen LogP contribution in [0.15, 0.2) is 59.4 Å². The van der Waals surface area contributed by atoms with E-state index in [0.717, 1.165) is 16.3 Å². The third kappa shape index (κ3) is 4.03. The molecular weight excluding hydrogens is 314 g/mol. The zero-order valence-electron chi connectivity index (χ0n) is 14.5. The first-order chi connectivity index (χ1) is 12.0. The quantitative estimate of drug-likeness (QED) is 0.673. The highest BCUT2D eigenvalue weighted by molar-refractivity contribution is 5.93. The fourth-order valence-electron chi connectivity index (χ4n) is 2.80. The number of nitrogens with zero attached hydrogens (tertiary/aromatic N) is 1. The van der Waals surface area contributed by atoms with Crippen LogP contribution in [0.1, 0.15) is 5.56 Å². The van der Waals surface area contributed by atoms with Crippen molar-refractivity contribution in [3.63, 3.8) is 0 Å². The molecule has 0 heterocycles. The van der Waals surface area contributed by atoms with Gasteiger partial charge in [-0.25, -0.2) is 0 Å². The van der Waals surface area contributed by atoms with Crippen molar-refractivity contribution in [2.75, 3.05) is 27.2 Å². The van der Waals surface area contributed by atoms with Gasteiger partial charge in [0.05, 0.1) is 6.42 Å². The van der Waals surface area contributed by atoms with Crippen molar-refractivity contribution in [3.8, 4) is 0 Å². The van der Waals surface area contributed by atoms with Crippen LogP contribution in [-0.2, 0) is 16.0 Å². The van der Waals surface area contributed by atoms with Crippen LogP contribution in [0.3, 0.4) is 0 Å². The molecule has 0 aliphatic carbocycles. The second-order valence-corrected chi connectivity index (χ2v) is 6.37. The highest BCUT2D eigenvalue weighted by Gasteiger charge is 2.08. The van der Waals surface area contributed by atoms with E-state index < -0.39 is 0 Å². The van der Waals surface area contributed by atoms with Crippen molar-refractivity contribution >= 4 is 27.5 Å². The molecule has 0 spiro atoms. The minimum absolute atomic E-state index is 0.00992. The highest BCUT2D eigenvalue weighted by atomic mass is 16.5. The van der Waals surface area contributed by atoms with Gasteiger partial charge < -0.3 is 9.64 Å². The molecule has 128 valence electrons. The highest BCUT2D eigenvalue weighted by Crippen LogP contribution is 2.17. The molecule has 0 saturated carbocycles. The molecule has 0 N–H and O–H groups in total. The Hall–Kier alpha value is -2.72. The van der Waals surface area contributed by atoms with Gasteiger partial charge in [-0.15, -0.1) is 0 Å². The van der Waals surface area contributed by atoms with Crippen LogP contribution < -0.4 is 5.43 Å². The van der Waals surface area contributed by atoms with E-state index >= 15 is 0 Å². The lowest BCUT2D eigenvalue weighted by atomic mass is 10.1. The molecule has 4 nitrogen and oxygen atoms in total. The zero-order valence-corrected chi connectivity index (χ0v) is 14.5. The van der Waals surface area contributed by atoms with Crippen LogP contribution in [0.2, 0.25) is 0 Å². The molecule has 0 fully saturated rings. The predicted octanol–water partition coefficient (Wildman–Crippen LogP) is 3.00. The number of hydrogen-bond donors (Lipinski definition) is 0. The molecule has 3 aromatic rings. The Morgan fingerprint density at radius 1 is 0.960 bits per heavy atom. The van der Waals surface area contributed by atoms with E-state index in [0.29, 0.717) is 23.9 Å². The van der Waals surface area contributed by atoms with Crippen molar-refractivity contribution in [2.24, 2.45) is 0 Å². The maximum atomic E-state index is 12.7. The summed E-state index contributed by atoms with van der Waals surface area (Å²) in [6.07, 6.45) is 0.204. The predicted molar refractivity (Wildman–Crippen MR) is 101 cm³/mol. The molecule has 0 saturated heterocycles. The number of carbonyl (C=O) groups is 1. The van der Waals surface area contributed by atoms with Crippen LogP contribution in [0.5, 0.6) is 0 Å². The molecule has 0 aromatic heterocycles. The molecule has 0 bridgehead atoms. The van der Waals surface area contributed by atoms with Crippen molar-refractivity contribution in [1.29, 1.82) is 0 Å². The molecule has 4 heteroatoms. The summed E-state index contributed by atoms with van der Waals surface area (Å²) in [7, 11) is 3.86. The van der Waals surface area contributed by atoms with Crippen LogP contribution in [0.4, 0.5) is 0 Å². The first-order valence-electron chi connectivity index (χ1n) is 8.29. The molecule has 0 aliphatic rings. The van der Waals surface area contributed by atoms with E-state index in [9.17, 15) is 9.59 Å². The Bertz CT molecular complexity index is 979.